The molecule has 0 aromatic carbocycles. The highest BCUT2D eigenvalue weighted by Crippen LogP contribution is 2.18. The van der Waals surface area contributed by atoms with Gasteiger partial charge in [-0.2, -0.15) is 15.4 Å². The molecule has 0 saturated heterocycles. The summed E-state index contributed by atoms with van der Waals surface area (Å²) in [6, 6.07) is -0.150. The van der Waals surface area contributed by atoms with Gasteiger partial charge in [-0.15, -0.1) is 0 Å². The van der Waals surface area contributed by atoms with Crippen LogP contribution in [0.15, 0.2) is 6.20 Å². The van der Waals surface area contributed by atoms with Crippen molar-refractivity contribution in [2.75, 3.05) is 0 Å². The smallest absolute Gasteiger partial charge is 0.273 e. The summed E-state index contributed by atoms with van der Waals surface area (Å²) in [6.07, 6.45) is 4.58. The number of carbonyl (C=O) groups excluding carboxylic acids is 1. The van der Waals surface area contributed by atoms with Gasteiger partial charge in [0.15, 0.2) is 5.69 Å². The van der Waals surface area contributed by atoms with Crippen molar-refractivity contribution in [1.29, 1.82) is 0 Å². The van der Waals surface area contributed by atoms with E-state index in [-0.39, 0.29) is 17.6 Å². The highest BCUT2D eigenvalue weighted by atomic mass is 16.3. The Morgan fingerprint density at radius 2 is 2.33 bits per heavy atom. The lowest BCUT2D eigenvalue weighted by atomic mass is 9.92. The highest BCUT2D eigenvalue weighted by Gasteiger charge is 2.25. The Bertz CT molecular complexity index is 325. The molecule has 15 heavy (non-hydrogen) atoms. The number of hydrogen-bond donors (Lipinski definition) is 3. The van der Waals surface area contributed by atoms with Gasteiger partial charge in [0.2, 0.25) is 0 Å². The molecule has 0 spiro atoms. The van der Waals surface area contributed by atoms with E-state index in [2.05, 4.69) is 20.7 Å². The second-order valence-corrected chi connectivity index (χ2v) is 3.79. The predicted octanol–water partition coefficient (Wildman–Crippen LogP) is -0.162. The lowest BCUT2D eigenvalue weighted by Gasteiger charge is -2.27. The molecule has 1 aliphatic rings. The summed E-state index contributed by atoms with van der Waals surface area (Å²) in [5.74, 6) is -0.283. The molecule has 82 valence electrons. The quantitative estimate of drug-likeness (QED) is 0.632. The Balaban J connectivity index is 1.93. The summed E-state index contributed by atoms with van der Waals surface area (Å²) < 4.78 is 0. The fourth-order valence-electron chi connectivity index (χ4n) is 1.83. The monoisotopic (exact) mass is 210 g/mol. The Morgan fingerprint density at radius 3 is 3.00 bits per heavy atom. The summed E-state index contributed by atoms with van der Waals surface area (Å²) in [6.45, 7) is 0. The minimum absolute atomic E-state index is 0.150. The minimum atomic E-state index is -0.436. The Kier molecular flexibility index (Phi) is 2.96. The Labute approximate surface area is 87.1 Å². The molecule has 2 atom stereocenters. The van der Waals surface area contributed by atoms with Crippen LogP contribution in [-0.2, 0) is 0 Å². The van der Waals surface area contributed by atoms with Gasteiger partial charge >= 0.3 is 0 Å². The van der Waals surface area contributed by atoms with Crippen LogP contribution in [0.2, 0.25) is 0 Å². The minimum Gasteiger partial charge on any atom is -0.391 e. The number of nitrogens with one attached hydrogen (secondary N) is 2. The van der Waals surface area contributed by atoms with Crippen LogP contribution >= 0.6 is 0 Å². The molecule has 2 unspecified atom stereocenters. The van der Waals surface area contributed by atoms with E-state index in [0.29, 0.717) is 0 Å². The molecule has 3 N–H and O–H groups in total. The van der Waals surface area contributed by atoms with Crippen LogP contribution in [0.5, 0.6) is 0 Å². The van der Waals surface area contributed by atoms with Gasteiger partial charge in [-0.05, 0) is 12.8 Å². The second kappa shape index (κ2) is 4.39. The zero-order valence-electron chi connectivity index (χ0n) is 8.31. The molecule has 0 aliphatic heterocycles. The maximum atomic E-state index is 11.6. The average Bonchev–Trinajstić information content (AvgIpc) is 2.74. The number of aromatic nitrogens is 3. The van der Waals surface area contributed by atoms with Crippen molar-refractivity contribution in [1.82, 2.24) is 20.7 Å². The molecule has 1 amide bonds. The van der Waals surface area contributed by atoms with Crippen molar-refractivity contribution in [2.24, 2.45) is 0 Å². The largest absolute Gasteiger partial charge is 0.391 e. The molecule has 1 heterocycles. The Hall–Kier alpha value is -1.43. The van der Waals surface area contributed by atoms with Crippen LogP contribution in [0.3, 0.4) is 0 Å². The highest BCUT2D eigenvalue weighted by molar-refractivity contribution is 5.92. The zero-order chi connectivity index (χ0) is 10.7. The van der Waals surface area contributed by atoms with Gasteiger partial charge in [-0.3, -0.25) is 4.79 Å². The fraction of sp³-hybridized carbons (Fsp3) is 0.667. The number of nitrogens with zero attached hydrogens (tertiary/aromatic N) is 2. The van der Waals surface area contributed by atoms with Gasteiger partial charge in [0.1, 0.15) is 0 Å². The van der Waals surface area contributed by atoms with E-state index in [1.807, 2.05) is 0 Å². The van der Waals surface area contributed by atoms with E-state index in [4.69, 9.17) is 0 Å². The molecule has 2 rings (SSSR count). The summed E-state index contributed by atoms with van der Waals surface area (Å²) in [5.41, 5.74) is 0.257. The molecule has 1 aromatic heterocycles. The first-order valence-corrected chi connectivity index (χ1v) is 5.12. The Morgan fingerprint density at radius 1 is 1.53 bits per heavy atom. The summed E-state index contributed by atoms with van der Waals surface area (Å²) in [5, 5.41) is 22.0. The molecule has 6 nitrogen and oxygen atoms in total. The first kappa shape index (κ1) is 10.1. The lowest BCUT2D eigenvalue weighted by Crippen LogP contribution is -2.45. The van der Waals surface area contributed by atoms with E-state index in [9.17, 15) is 9.90 Å². The topological polar surface area (TPSA) is 90.9 Å². The number of carbonyl (C=O) groups is 1. The first-order chi connectivity index (χ1) is 7.27. The van der Waals surface area contributed by atoms with Gasteiger partial charge in [0.05, 0.1) is 18.3 Å². The van der Waals surface area contributed by atoms with Crippen molar-refractivity contribution in [3.63, 3.8) is 0 Å². The predicted molar refractivity (Wildman–Crippen MR) is 52.1 cm³/mol. The third-order valence-corrected chi connectivity index (χ3v) is 2.69. The van der Waals surface area contributed by atoms with Crippen LogP contribution in [0.1, 0.15) is 36.2 Å². The molecule has 0 radical (unpaired) electrons. The molecular weight excluding hydrogens is 196 g/mol. The second-order valence-electron chi connectivity index (χ2n) is 3.79. The number of aliphatic hydroxyl groups is 1. The molecular formula is C9H14N4O2. The number of aliphatic hydroxyl groups excluding tert-OH is 1. The van der Waals surface area contributed by atoms with E-state index in [1.54, 1.807) is 0 Å². The first-order valence-electron chi connectivity index (χ1n) is 5.12. The molecule has 1 fully saturated rings. The van der Waals surface area contributed by atoms with Crippen LogP contribution in [0.4, 0.5) is 0 Å². The van der Waals surface area contributed by atoms with Crippen molar-refractivity contribution < 1.29 is 9.90 Å². The van der Waals surface area contributed by atoms with Crippen LogP contribution in [-0.4, -0.2) is 38.6 Å². The molecule has 1 saturated carbocycles. The molecule has 1 aliphatic carbocycles. The van der Waals surface area contributed by atoms with Crippen molar-refractivity contribution in [3.05, 3.63) is 11.9 Å². The van der Waals surface area contributed by atoms with Gasteiger partial charge in [-0.1, -0.05) is 12.8 Å². The van der Waals surface area contributed by atoms with Crippen molar-refractivity contribution in [3.8, 4) is 0 Å². The maximum absolute atomic E-state index is 11.6. The van der Waals surface area contributed by atoms with Gasteiger partial charge in [0.25, 0.3) is 5.91 Å². The molecule has 1 aromatic rings. The van der Waals surface area contributed by atoms with Gasteiger partial charge < -0.3 is 10.4 Å². The number of hydrogen-bond acceptors (Lipinski definition) is 4. The third kappa shape index (κ3) is 2.33. The van der Waals surface area contributed by atoms with Gasteiger partial charge in [0, 0.05) is 0 Å². The van der Waals surface area contributed by atoms with E-state index >= 15 is 0 Å². The molecule has 6 heteroatoms. The number of amides is 1. The SMILES string of the molecule is O=C(NC1CCCCC1O)c1cn[nH]n1. The van der Waals surface area contributed by atoms with E-state index < -0.39 is 6.10 Å². The van der Waals surface area contributed by atoms with Crippen molar-refractivity contribution >= 4 is 5.91 Å². The standard InChI is InChI=1S/C9H14N4O2/c14-8-4-2-1-3-6(8)11-9(15)7-5-10-13-12-7/h5-6,8,14H,1-4H2,(H,11,15)(H,10,12,13). The fourth-order valence-corrected chi connectivity index (χ4v) is 1.83. The zero-order valence-corrected chi connectivity index (χ0v) is 8.31. The number of aromatic amines is 1. The summed E-state index contributed by atoms with van der Waals surface area (Å²) in [4.78, 5) is 11.6. The van der Waals surface area contributed by atoms with E-state index in [1.165, 1.54) is 6.20 Å². The van der Waals surface area contributed by atoms with Crippen LogP contribution < -0.4 is 5.32 Å². The number of H-pyrrole nitrogens is 1. The average molecular weight is 210 g/mol. The number of rotatable bonds is 2. The summed E-state index contributed by atoms with van der Waals surface area (Å²) >= 11 is 0. The lowest BCUT2D eigenvalue weighted by molar-refractivity contribution is 0.0713. The molecule has 0 bridgehead atoms. The van der Waals surface area contributed by atoms with Crippen molar-refractivity contribution in [2.45, 2.75) is 37.8 Å². The third-order valence-electron chi connectivity index (χ3n) is 2.69. The normalized spacial score (nSPS) is 26.2. The van der Waals surface area contributed by atoms with E-state index in [0.717, 1.165) is 25.7 Å². The van der Waals surface area contributed by atoms with Crippen LogP contribution in [0, 0.1) is 0 Å². The maximum Gasteiger partial charge on any atom is 0.273 e. The van der Waals surface area contributed by atoms with Crippen LogP contribution in [0.25, 0.3) is 0 Å². The summed E-state index contributed by atoms with van der Waals surface area (Å²) in [7, 11) is 0. The van der Waals surface area contributed by atoms with Gasteiger partial charge in [-0.25, -0.2) is 0 Å².